The number of nitrogens with zero attached hydrogens (tertiary/aromatic N) is 3. The van der Waals surface area contributed by atoms with Crippen LogP contribution in [0.5, 0.6) is 0 Å². The third kappa shape index (κ3) is 3.66. The van der Waals surface area contributed by atoms with Gasteiger partial charge in [0.05, 0.1) is 31.6 Å². The third-order valence-electron chi connectivity index (χ3n) is 4.55. The van der Waals surface area contributed by atoms with E-state index in [0.29, 0.717) is 12.2 Å². The molecule has 0 aliphatic carbocycles. The predicted molar refractivity (Wildman–Crippen MR) is 100 cm³/mol. The molecule has 1 aliphatic heterocycles. The number of carbonyl (C=O) groups excluding carboxylic acids is 1. The number of halogens is 1. The van der Waals surface area contributed by atoms with Crippen molar-refractivity contribution in [3.05, 3.63) is 47.9 Å². The van der Waals surface area contributed by atoms with Gasteiger partial charge in [0.25, 0.3) is 5.91 Å². The smallest absolute Gasteiger partial charge is 0.279 e. The largest absolute Gasteiger partial charge is 0.345 e. The number of carbonyl (C=O) groups is 1. The van der Waals surface area contributed by atoms with E-state index in [1.807, 2.05) is 5.38 Å². The summed E-state index contributed by atoms with van der Waals surface area (Å²) in [6, 6.07) is 7.89. The average molecular weight is 372 g/mol. The lowest BCUT2D eigenvalue weighted by molar-refractivity contribution is -0.892. The van der Waals surface area contributed by atoms with Gasteiger partial charge in [-0.1, -0.05) is 0 Å². The lowest BCUT2D eigenvalue weighted by atomic mass is 10.2. The SMILES string of the molecule is O=C(C[NH+]1CCN(c2ncnc3sccc23)CC1)Nc1ccc(F)cc1. The van der Waals surface area contributed by atoms with Crippen LogP contribution in [0.1, 0.15) is 0 Å². The lowest BCUT2D eigenvalue weighted by Gasteiger charge is -2.32. The molecule has 1 aromatic carbocycles. The van der Waals surface area contributed by atoms with E-state index in [-0.39, 0.29) is 11.7 Å². The number of fused-ring (bicyclic) bond motifs is 1. The number of piperazine rings is 1. The Balaban J connectivity index is 1.33. The molecule has 8 heteroatoms. The van der Waals surface area contributed by atoms with E-state index >= 15 is 0 Å². The van der Waals surface area contributed by atoms with E-state index in [9.17, 15) is 9.18 Å². The van der Waals surface area contributed by atoms with Gasteiger partial charge in [-0.3, -0.25) is 4.79 Å². The first-order valence-electron chi connectivity index (χ1n) is 8.51. The molecule has 0 bridgehead atoms. The van der Waals surface area contributed by atoms with Crippen LogP contribution in [0.4, 0.5) is 15.9 Å². The Kier molecular flexibility index (Phi) is 4.77. The minimum atomic E-state index is -0.311. The second-order valence-corrected chi connectivity index (χ2v) is 7.20. The second-order valence-electron chi connectivity index (χ2n) is 6.31. The molecular weight excluding hydrogens is 353 g/mol. The number of benzene rings is 1. The molecule has 0 spiro atoms. The van der Waals surface area contributed by atoms with Crippen LogP contribution >= 0.6 is 11.3 Å². The molecular formula is C18H19FN5OS+. The van der Waals surface area contributed by atoms with E-state index in [1.165, 1.54) is 17.0 Å². The molecule has 0 atom stereocenters. The average Bonchev–Trinajstić information content (AvgIpc) is 3.13. The number of quaternary nitrogens is 1. The van der Waals surface area contributed by atoms with Gasteiger partial charge in [-0.15, -0.1) is 11.3 Å². The fourth-order valence-corrected chi connectivity index (χ4v) is 3.93. The van der Waals surface area contributed by atoms with E-state index in [4.69, 9.17) is 0 Å². The van der Waals surface area contributed by atoms with Crippen LogP contribution in [0, 0.1) is 5.82 Å². The maximum absolute atomic E-state index is 12.9. The van der Waals surface area contributed by atoms with Crippen molar-refractivity contribution < 1.29 is 14.1 Å². The first-order valence-corrected chi connectivity index (χ1v) is 9.39. The molecule has 0 unspecified atom stereocenters. The van der Waals surface area contributed by atoms with Crippen LogP contribution in [-0.4, -0.2) is 48.6 Å². The topological polar surface area (TPSA) is 62.6 Å². The molecule has 1 fully saturated rings. The van der Waals surface area contributed by atoms with Gasteiger partial charge < -0.3 is 15.1 Å². The summed E-state index contributed by atoms with van der Waals surface area (Å²) in [4.78, 5) is 25.4. The van der Waals surface area contributed by atoms with Crippen molar-refractivity contribution in [3.63, 3.8) is 0 Å². The molecule has 1 aliphatic rings. The van der Waals surface area contributed by atoms with Crippen molar-refractivity contribution in [3.8, 4) is 0 Å². The van der Waals surface area contributed by atoms with Crippen molar-refractivity contribution in [1.29, 1.82) is 0 Å². The Hall–Kier alpha value is -2.58. The molecule has 6 nitrogen and oxygen atoms in total. The summed E-state index contributed by atoms with van der Waals surface area (Å²) in [6.07, 6.45) is 1.61. The number of nitrogens with one attached hydrogen (secondary N) is 2. The van der Waals surface area contributed by atoms with E-state index in [2.05, 4.69) is 26.3 Å². The van der Waals surface area contributed by atoms with Gasteiger partial charge in [0, 0.05) is 5.69 Å². The molecule has 1 saturated heterocycles. The summed E-state index contributed by atoms with van der Waals surface area (Å²) in [7, 11) is 0. The number of hydrogen-bond acceptors (Lipinski definition) is 5. The van der Waals surface area contributed by atoms with Gasteiger partial charge in [0.2, 0.25) is 0 Å². The Labute approximate surface area is 154 Å². The Morgan fingerprint density at radius 2 is 1.96 bits per heavy atom. The van der Waals surface area contributed by atoms with Crippen molar-refractivity contribution in [2.45, 2.75) is 0 Å². The number of anilines is 2. The highest BCUT2D eigenvalue weighted by Crippen LogP contribution is 2.26. The van der Waals surface area contributed by atoms with Crippen LogP contribution in [0.2, 0.25) is 0 Å². The van der Waals surface area contributed by atoms with Gasteiger partial charge in [-0.25, -0.2) is 14.4 Å². The third-order valence-corrected chi connectivity index (χ3v) is 5.37. The molecule has 1 amide bonds. The lowest BCUT2D eigenvalue weighted by Crippen LogP contribution is -3.15. The molecule has 134 valence electrons. The molecule has 0 saturated carbocycles. The minimum absolute atomic E-state index is 0.0534. The van der Waals surface area contributed by atoms with Gasteiger partial charge in [-0.2, -0.15) is 0 Å². The van der Waals surface area contributed by atoms with Crippen LogP contribution in [0.3, 0.4) is 0 Å². The fraction of sp³-hybridized carbons (Fsp3) is 0.278. The Morgan fingerprint density at radius 1 is 1.19 bits per heavy atom. The standard InChI is InChI=1S/C18H18FN5OS/c19-13-1-3-14(4-2-13)22-16(25)11-23-6-8-24(9-7-23)17-15-5-10-26-18(15)21-12-20-17/h1-5,10,12H,6-9,11H2,(H,22,25)/p+1. The maximum atomic E-state index is 12.9. The van der Waals surface area contributed by atoms with Gasteiger partial charge in [-0.05, 0) is 35.7 Å². The first-order chi connectivity index (χ1) is 12.7. The number of aromatic nitrogens is 2. The molecule has 2 N–H and O–H groups in total. The number of rotatable bonds is 4. The summed E-state index contributed by atoms with van der Waals surface area (Å²) >= 11 is 1.62. The van der Waals surface area contributed by atoms with E-state index in [0.717, 1.165) is 42.2 Å². The minimum Gasteiger partial charge on any atom is -0.345 e. The summed E-state index contributed by atoms with van der Waals surface area (Å²) < 4.78 is 12.9. The summed E-state index contributed by atoms with van der Waals surface area (Å²) in [5.74, 6) is 0.614. The normalized spacial score (nSPS) is 15.3. The number of thiophene rings is 1. The fourth-order valence-electron chi connectivity index (χ4n) is 3.21. The van der Waals surface area contributed by atoms with Crippen molar-refractivity contribution in [1.82, 2.24) is 9.97 Å². The molecule has 26 heavy (non-hydrogen) atoms. The zero-order valence-corrected chi connectivity index (χ0v) is 14.9. The van der Waals surface area contributed by atoms with Gasteiger partial charge >= 0.3 is 0 Å². The van der Waals surface area contributed by atoms with Crippen molar-refractivity contribution in [2.24, 2.45) is 0 Å². The summed E-state index contributed by atoms with van der Waals surface area (Å²) in [6.45, 7) is 3.84. The van der Waals surface area contributed by atoms with Gasteiger partial charge in [0.15, 0.2) is 6.54 Å². The summed E-state index contributed by atoms with van der Waals surface area (Å²) in [5.41, 5.74) is 0.621. The van der Waals surface area contributed by atoms with Crippen LogP contribution in [0.25, 0.3) is 10.2 Å². The Morgan fingerprint density at radius 3 is 2.73 bits per heavy atom. The Bertz CT molecular complexity index is 905. The van der Waals surface area contributed by atoms with Crippen LogP contribution < -0.4 is 15.1 Å². The molecule has 3 heterocycles. The zero-order valence-electron chi connectivity index (χ0n) is 14.1. The molecule has 4 rings (SSSR count). The van der Waals surface area contributed by atoms with E-state index < -0.39 is 0 Å². The van der Waals surface area contributed by atoms with Crippen LogP contribution in [0.15, 0.2) is 42.0 Å². The van der Waals surface area contributed by atoms with Gasteiger partial charge in [0.1, 0.15) is 22.8 Å². The highest BCUT2D eigenvalue weighted by Gasteiger charge is 2.24. The molecule has 2 aromatic heterocycles. The number of hydrogen-bond donors (Lipinski definition) is 2. The van der Waals surface area contributed by atoms with Crippen molar-refractivity contribution in [2.75, 3.05) is 42.9 Å². The van der Waals surface area contributed by atoms with E-state index in [1.54, 1.807) is 29.8 Å². The quantitative estimate of drug-likeness (QED) is 0.722. The summed E-state index contributed by atoms with van der Waals surface area (Å²) in [5, 5.41) is 5.95. The molecule has 0 radical (unpaired) electrons. The molecule has 3 aromatic rings. The van der Waals surface area contributed by atoms with Crippen LogP contribution in [-0.2, 0) is 4.79 Å². The monoisotopic (exact) mass is 372 g/mol. The second kappa shape index (κ2) is 7.35. The zero-order chi connectivity index (χ0) is 17.9. The predicted octanol–water partition coefficient (Wildman–Crippen LogP) is 1.17. The first kappa shape index (κ1) is 16.9. The highest BCUT2D eigenvalue weighted by molar-refractivity contribution is 7.16. The van der Waals surface area contributed by atoms with Crippen molar-refractivity contribution >= 4 is 39.0 Å². The maximum Gasteiger partial charge on any atom is 0.279 e. The highest BCUT2D eigenvalue weighted by atomic mass is 32.1. The number of amides is 1.